The summed E-state index contributed by atoms with van der Waals surface area (Å²) in [4.78, 5) is 75.5. The molecule has 13 nitrogen and oxygen atoms in total. The molecule has 0 radical (unpaired) electrons. The van der Waals surface area contributed by atoms with E-state index in [-0.39, 0.29) is 23.1 Å². The molecule has 1 N–H and O–H groups in total. The summed E-state index contributed by atoms with van der Waals surface area (Å²) in [7, 11) is 0. The standard InChI is InChI=1S/C26H34N4O9S2/c1-12-14-9-16(31)38-26(14,23(35)39-25(6,7)8)30-21(34)19(22(30)41-12)28-20(33)18(15-11-40-13(2)27-15)29-36-10-17(32)37-24(3,4)5/h11-12,14,19,22H,9-10H2,1-8H3,(H,28,33)/b29-18-/t12-,14+,19-,22-,26-/m1/s1. The number of hydrogen-bond acceptors (Lipinski definition) is 13. The molecule has 41 heavy (non-hydrogen) atoms. The lowest BCUT2D eigenvalue weighted by molar-refractivity contribution is -0.227. The molecule has 3 saturated heterocycles. The molecule has 3 aliphatic rings. The molecule has 224 valence electrons. The van der Waals surface area contributed by atoms with Crippen LogP contribution in [0.4, 0.5) is 0 Å². The number of carbonyl (C=O) groups is 5. The number of amides is 2. The number of thiazole rings is 1. The van der Waals surface area contributed by atoms with E-state index in [4.69, 9.17) is 19.0 Å². The fraction of sp³-hybridized carbons (Fsp3) is 0.654. The van der Waals surface area contributed by atoms with E-state index in [9.17, 15) is 24.0 Å². The maximum Gasteiger partial charge on any atom is 0.373 e. The average Bonchev–Trinajstić information content (AvgIpc) is 3.41. The van der Waals surface area contributed by atoms with E-state index in [2.05, 4.69) is 15.5 Å². The maximum atomic E-state index is 13.5. The van der Waals surface area contributed by atoms with Gasteiger partial charge in [-0.05, 0) is 48.5 Å². The lowest BCUT2D eigenvalue weighted by Gasteiger charge is -2.58. The van der Waals surface area contributed by atoms with Crippen molar-refractivity contribution in [3.63, 3.8) is 0 Å². The van der Waals surface area contributed by atoms with Gasteiger partial charge >= 0.3 is 17.9 Å². The van der Waals surface area contributed by atoms with Gasteiger partial charge in [-0.2, -0.15) is 0 Å². The van der Waals surface area contributed by atoms with Gasteiger partial charge in [-0.15, -0.1) is 23.1 Å². The van der Waals surface area contributed by atoms with E-state index in [0.717, 1.165) is 0 Å². The summed E-state index contributed by atoms with van der Waals surface area (Å²) in [5.74, 6) is -4.12. The van der Waals surface area contributed by atoms with Crippen LogP contribution in [0.5, 0.6) is 0 Å². The molecular weight excluding hydrogens is 576 g/mol. The van der Waals surface area contributed by atoms with E-state index >= 15 is 0 Å². The Bertz CT molecular complexity index is 1300. The summed E-state index contributed by atoms with van der Waals surface area (Å²) in [6.45, 7) is 13.2. The first-order valence-corrected chi connectivity index (χ1v) is 14.8. The minimum atomic E-state index is -1.92. The number of aryl methyl sites for hydroxylation is 1. The highest BCUT2D eigenvalue weighted by atomic mass is 32.2. The second kappa shape index (κ2) is 10.9. The Morgan fingerprint density at radius 1 is 1.17 bits per heavy atom. The highest BCUT2D eigenvalue weighted by Gasteiger charge is 2.73. The van der Waals surface area contributed by atoms with E-state index in [1.807, 2.05) is 6.92 Å². The average molecular weight is 611 g/mol. The molecular formula is C26H34N4O9S2. The Kier molecular flexibility index (Phi) is 8.17. The van der Waals surface area contributed by atoms with E-state index in [1.54, 1.807) is 53.8 Å². The first kappa shape index (κ1) is 30.8. The van der Waals surface area contributed by atoms with Crippen molar-refractivity contribution in [2.75, 3.05) is 6.61 Å². The van der Waals surface area contributed by atoms with Crippen molar-refractivity contribution in [3.8, 4) is 0 Å². The number of oxime groups is 1. The predicted molar refractivity (Wildman–Crippen MR) is 148 cm³/mol. The van der Waals surface area contributed by atoms with Crippen molar-refractivity contribution in [1.29, 1.82) is 0 Å². The van der Waals surface area contributed by atoms with E-state index in [1.165, 1.54) is 28.0 Å². The second-order valence-electron chi connectivity index (χ2n) is 11.9. The topological polar surface area (TPSA) is 163 Å². The van der Waals surface area contributed by atoms with Crippen LogP contribution in [0.2, 0.25) is 0 Å². The number of nitrogens with zero attached hydrogens (tertiary/aromatic N) is 3. The summed E-state index contributed by atoms with van der Waals surface area (Å²) < 4.78 is 16.4. The van der Waals surface area contributed by atoms with Crippen LogP contribution in [0.3, 0.4) is 0 Å². The molecule has 15 heteroatoms. The number of rotatable bonds is 7. The third-order valence-corrected chi connectivity index (χ3v) is 8.59. The van der Waals surface area contributed by atoms with Crippen LogP contribution in [0, 0.1) is 12.8 Å². The Morgan fingerprint density at radius 2 is 1.83 bits per heavy atom. The largest absolute Gasteiger partial charge is 0.457 e. The molecule has 0 saturated carbocycles. The van der Waals surface area contributed by atoms with Gasteiger partial charge in [-0.1, -0.05) is 12.1 Å². The number of nitrogens with one attached hydrogen (secondary N) is 1. The molecule has 0 unspecified atom stereocenters. The lowest BCUT2D eigenvalue weighted by Crippen LogP contribution is -2.81. The van der Waals surface area contributed by atoms with Crippen molar-refractivity contribution in [2.45, 2.75) is 95.4 Å². The summed E-state index contributed by atoms with van der Waals surface area (Å²) in [5.41, 5.74) is -3.60. The molecule has 0 bridgehead atoms. The molecule has 0 aromatic carbocycles. The van der Waals surface area contributed by atoms with Crippen molar-refractivity contribution >= 4 is 58.5 Å². The summed E-state index contributed by atoms with van der Waals surface area (Å²) in [5, 5.41) is 7.75. The zero-order valence-electron chi connectivity index (χ0n) is 24.1. The second-order valence-corrected chi connectivity index (χ2v) is 14.5. The lowest BCUT2D eigenvalue weighted by atomic mass is 9.86. The van der Waals surface area contributed by atoms with E-state index < -0.39 is 70.6 Å². The zero-order valence-corrected chi connectivity index (χ0v) is 25.8. The van der Waals surface area contributed by atoms with Crippen LogP contribution < -0.4 is 5.32 Å². The Labute approximate surface area is 245 Å². The molecule has 3 aliphatic heterocycles. The normalized spacial score (nSPS) is 27.7. The van der Waals surface area contributed by atoms with Gasteiger partial charge in [0, 0.05) is 10.6 Å². The molecule has 4 rings (SSSR count). The van der Waals surface area contributed by atoms with Crippen LogP contribution in [0.1, 0.15) is 65.6 Å². The number of ether oxygens (including phenoxy) is 3. The summed E-state index contributed by atoms with van der Waals surface area (Å²) in [6.07, 6.45) is -0.0457. The third kappa shape index (κ3) is 6.20. The van der Waals surface area contributed by atoms with Crippen LogP contribution in [0.25, 0.3) is 0 Å². The number of thioether (sulfide) groups is 1. The minimum Gasteiger partial charge on any atom is -0.457 e. The molecule has 4 heterocycles. The number of aromatic nitrogens is 1. The monoisotopic (exact) mass is 610 g/mol. The number of esters is 3. The van der Waals surface area contributed by atoms with Crippen LogP contribution in [0.15, 0.2) is 10.5 Å². The molecule has 0 aliphatic carbocycles. The highest BCUT2D eigenvalue weighted by Crippen LogP contribution is 2.55. The first-order chi connectivity index (χ1) is 18.9. The fourth-order valence-electron chi connectivity index (χ4n) is 4.77. The van der Waals surface area contributed by atoms with Gasteiger partial charge in [-0.25, -0.2) is 14.6 Å². The molecule has 1 aromatic heterocycles. The predicted octanol–water partition coefficient (Wildman–Crippen LogP) is 1.90. The quantitative estimate of drug-likeness (QED) is 0.158. The van der Waals surface area contributed by atoms with E-state index in [0.29, 0.717) is 5.01 Å². The Balaban J connectivity index is 1.56. The van der Waals surface area contributed by atoms with Crippen molar-refractivity contribution < 1.29 is 43.0 Å². The van der Waals surface area contributed by atoms with Crippen LogP contribution in [-0.2, 0) is 43.0 Å². The summed E-state index contributed by atoms with van der Waals surface area (Å²) >= 11 is 2.62. The Morgan fingerprint density at radius 3 is 2.41 bits per heavy atom. The number of hydrogen-bond donors (Lipinski definition) is 1. The van der Waals surface area contributed by atoms with Gasteiger partial charge < -0.3 is 24.4 Å². The first-order valence-electron chi connectivity index (χ1n) is 13.0. The van der Waals surface area contributed by atoms with Gasteiger partial charge in [0.05, 0.1) is 17.3 Å². The smallest absolute Gasteiger partial charge is 0.373 e. The molecule has 1 aromatic rings. The molecule has 5 atom stereocenters. The van der Waals surface area contributed by atoms with Gasteiger partial charge in [0.25, 0.3) is 17.5 Å². The van der Waals surface area contributed by atoms with Gasteiger partial charge in [0.2, 0.25) is 6.61 Å². The highest BCUT2D eigenvalue weighted by molar-refractivity contribution is 8.00. The van der Waals surface area contributed by atoms with Gasteiger partial charge in [0.15, 0.2) is 5.71 Å². The molecule has 2 amide bonds. The maximum absolute atomic E-state index is 13.5. The third-order valence-electron chi connectivity index (χ3n) is 6.29. The summed E-state index contributed by atoms with van der Waals surface area (Å²) in [6, 6.07) is -1.06. The minimum absolute atomic E-state index is 0.0457. The Hall–Kier alpha value is -3.20. The van der Waals surface area contributed by atoms with Crippen molar-refractivity contribution in [2.24, 2.45) is 11.1 Å². The van der Waals surface area contributed by atoms with Gasteiger partial charge in [-0.3, -0.25) is 19.3 Å². The van der Waals surface area contributed by atoms with Gasteiger partial charge in [0.1, 0.15) is 28.3 Å². The van der Waals surface area contributed by atoms with Crippen molar-refractivity contribution in [1.82, 2.24) is 15.2 Å². The van der Waals surface area contributed by atoms with Crippen LogP contribution >= 0.6 is 23.1 Å². The van der Waals surface area contributed by atoms with Crippen molar-refractivity contribution in [3.05, 3.63) is 16.1 Å². The van der Waals surface area contributed by atoms with Crippen LogP contribution in [-0.4, -0.2) is 85.5 Å². The molecule has 3 fully saturated rings. The SMILES string of the molecule is Cc1nc(/C(=N/OCC(=O)OC(C)(C)C)C(=O)N[C@@H]2C(=O)N3[C@@H]2S[C@H](C)[C@@H]2CC(=O)O[C@@]23C(=O)OC(C)(C)C)cs1. The number of fused-ring (bicyclic) bond motifs is 3. The number of β-lactam (4-membered cyclic amide) rings is 1. The molecule has 0 spiro atoms. The number of carbonyl (C=O) groups excluding carboxylic acids is 5. The zero-order chi connectivity index (χ0) is 30.5. The fourth-order valence-corrected chi connectivity index (χ4v) is 7.01.